The largest absolute Gasteiger partial charge is 0.496 e. The molecule has 0 fully saturated rings. The van der Waals surface area contributed by atoms with Gasteiger partial charge >= 0.3 is 0 Å². The zero-order chi connectivity index (χ0) is 20.8. The minimum absolute atomic E-state index is 0.0694. The van der Waals surface area contributed by atoms with Crippen LogP contribution in [-0.4, -0.2) is 42.8 Å². The Bertz CT molecular complexity index is 985. The van der Waals surface area contributed by atoms with E-state index in [-0.39, 0.29) is 5.56 Å². The third-order valence-electron chi connectivity index (χ3n) is 4.38. The monoisotopic (exact) mass is 383 g/mol. The van der Waals surface area contributed by atoms with Crippen molar-refractivity contribution < 1.29 is 9.47 Å². The second-order valence-corrected chi connectivity index (χ2v) is 6.48. The lowest BCUT2D eigenvalue weighted by Crippen LogP contribution is -2.17. The molecule has 0 atom stereocenters. The molecule has 150 valence electrons. The highest BCUT2D eigenvalue weighted by molar-refractivity contribution is 5.95. The fourth-order valence-electron chi connectivity index (χ4n) is 3.15. The first kappa shape index (κ1) is 21.4. The Hall–Kier alpha value is -2.86. The van der Waals surface area contributed by atoms with Crippen LogP contribution in [0.5, 0.6) is 11.5 Å². The summed E-state index contributed by atoms with van der Waals surface area (Å²) in [6.45, 7) is 4.70. The van der Waals surface area contributed by atoms with E-state index in [1.54, 1.807) is 38.2 Å². The molecular weight excluding hydrogens is 354 g/mol. The van der Waals surface area contributed by atoms with Gasteiger partial charge in [-0.15, -0.1) is 0 Å². The molecule has 28 heavy (non-hydrogen) atoms. The molecule has 0 radical (unpaired) electrons. The lowest BCUT2D eigenvalue weighted by molar-refractivity contribution is 0.349. The Morgan fingerprint density at radius 3 is 2.21 bits per heavy atom. The number of pyridine rings is 2. The lowest BCUT2D eigenvalue weighted by atomic mass is 9.99. The Kier molecular flexibility index (Phi) is 7.18. The highest BCUT2D eigenvalue weighted by atomic mass is 16.5. The number of benzene rings is 1. The number of aromatic nitrogens is 2. The van der Waals surface area contributed by atoms with Crippen molar-refractivity contribution in [2.24, 2.45) is 7.05 Å². The molecular formula is C22H29N3O3. The Morgan fingerprint density at radius 2 is 1.68 bits per heavy atom. The van der Waals surface area contributed by atoms with E-state index in [9.17, 15) is 4.79 Å². The average Bonchev–Trinajstić information content (AvgIpc) is 2.72. The fourth-order valence-corrected chi connectivity index (χ4v) is 3.15. The van der Waals surface area contributed by atoms with Crippen LogP contribution in [0.25, 0.3) is 21.9 Å². The maximum Gasteiger partial charge on any atom is 0.259 e. The van der Waals surface area contributed by atoms with Gasteiger partial charge in [-0.2, -0.15) is 0 Å². The first-order valence-corrected chi connectivity index (χ1v) is 9.29. The number of methoxy groups -OCH3 is 2. The molecule has 6 heteroatoms. The van der Waals surface area contributed by atoms with Crippen molar-refractivity contribution in [1.29, 1.82) is 0 Å². The van der Waals surface area contributed by atoms with Gasteiger partial charge < -0.3 is 18.9 Å². The van der Waals surface area contributed by atoms with Crippen LogP contribution in [0.4, 0.5) is 0 Å². The number of ether oxygens (including phenoxy) is 2. The van der Waals surface area contributed by atoms with E-state index in [1.165, 1.54) is 0 Å². The summed E-state index contributed by atoms with van der Waals surface area (Å²) >= 11 is 0. The molecule has 3 rings (SSSR count). The number of hydrogen-bond donors (Lipinski definition) is 0. The van der Waals surface area contributed by atoms with Gasteiger partial charge in [0.05, 0.1) is 25.2 Å². The van der Waals surface area contributed by atoms with Gasteiger partial charge in [-0.25, -0.2) is 0 Å². The molecule has 0 spiro atoms. The van der Waals surface area contributed by atoms with Gasteiger partial charge in [-0.3, -0.25) is 9.78 Å². The van der Waals surface area contributed by atoms with Crippen molar-refractivity contribution in [3.63, 3.8) is 0 Å². The van der Waals surface area contributed by atoms with Crippen LogP contribution >= 0.6 is 0 Å². The zero-order valence-electron chi connectivity index (χ0n) is 17.7. The molecule has 0 saturated carbocycles. The summed E-state index contributed by atoms with van der Waals surface area (Å²) in [5.41, 5.74) is 2.77. The van der Waals surface area contributed by atoms with Crippen LogP contribution < -0.4 is 15.0 Å². The van der Waals surface area contributed by atoms with Gasteiger partial charge in [0.15, 0.2) is 0 Å². The molecule has 6 nitrogen and oxygen atoms in total. The van der Waals surface area contributed by atoms with Gasteiger partial charge in [-0.05, 0) is 43.2 Å². The molecule has 0 saturated heterocycles. The summed E-state index contributed by atoms with van der Waals surface area (Å²) in [5, 5.41) is 1.44. The highest BCUT2D eigenvalue weighted by Crippen LogP contribution is 2.37. The van der Waals surface area contributed by atoms with Gasteiger partial charge in [0.2, 0.25) is 0 Å². The van der Waals surface area contributed by atoms with E-state index in [4.69, 9.17) is 9.47 Å². The minimum Gasteiger partial charge on any atom is -0.496 e. The Morgan fingerprint density at radius 1 is 1.07 bits per heavy atom. The summed E-state index contributed by atoms with van der Waals surface area (Å²) in [6, 6.07) is 5.83. The van der Waals surface area contributed by atoms with Crippen LogP contribution in [0, 0.1) is 0 Å². The zero-order valence-corrected chi connectivity index (χ0v) is 17.7. The second kappa shape index (κ2) is 9.37. The molecule has 0 N–H and O–H groups in total. The van der Waals surface area contributed by atoms with Crippen LogP contribution in [-0.2, 0) is 13.6 Å². The van der Waals surface area contributed by atoms with Crippen LogP contribution in [0.2, 0.25) is 0 Å². The van der Waals surface area contributed by atoms with Crippen molar-refractivity contribution in [1.82, 2.24) is 14.5 Å². The molecule has 0 amide bonds. The van der Waals surface area contributed by atoms with Crippen molar-refractivity contribution in [3.8, 4) is 22.6 Å². The normalized spacial score (nSPS) is 10.6. The van der Waals surface area contributed by atoms with Crippen molar-refractivity contribution in [2.75, 3.05) is 28.3 Å². The molecule has 1 aromatic carbocycles. The fraction of sp³-hybridized carbons (Fsp3) is 0.364. The summed E-state index contributed by atoms with van der Waals surface area (Å²) in [4.78, 5) is 18.6. The standard InChI is InChI=1S/C20H23N3O3.C2H6/c1-22(2)11-17-18(25-4)8-13(9-19(17)26-5)16-12-23(3)20(24)15-10-21-7-6-14(15)16;1-2/h6-10,12H,11H2,1-5H3;1-2H3. The summed E-state index contributed by atoms with van der Waals surface area (Å²) in [7, 11) is 9.05. The SMILES string of the molecule is CC.COc1cc(-c2cn(C)c(=O)c3cnccc23)cc(OC)c1CN(C)C. The van der Waals surface area contributed by atoms with Gasteiger partial charge in [-0.1, -0.05) is 13.8 Å². The lowest BCUT2D eigenvalue weighted by Gasteiger charge is -2.19. The quantitative estimate of drug-likeness (QED) is 0.672. The predicted octanol–water partition coefficient (Wildman–Crippen LogP) is 3.71. The first-order valence-electron chi connectivity index (χ1n) is 9.29. The van der Waals surface area contributed by atoms with Crippen LogP contribution in [0.3, 0.4) is 0 Å². The Labute approximate surface area is 166 Å². The maximum absolute atomic E-state index is 12.4. The number of fused-ring (bicyclic) bond motifs is 1. The van der Waals surface area contributed by atoms with Crippen molar-refractivity contribution >= 4 is 10.8 Å². The number of hydrogen-bond acceptors (Lipinski definition) is 5. The summed E-state index contributed by atoms with van der Waals surface area (Å²) < 4.78 is 12.8. The van der Waals surface area contributed by atoms with E-state index in [1.807, 2.05) is 52.3 Å². The predicted molar refractivity (Wildman–Crippen MR) is 114 cm³/mol. The smallest absolute Gasteiger partial charge is 0.259 e. The van der Waals surface area contributed by atoms with E-state index in [0.717, 1.165) is 33.6 Å². The summed E-state index contributed by atoms with van der Waals surface area (Å²) in [5.74, 6) is 1.51. The molecule has 2 aromatic heterocycles. The number of rotatable bonds is 5. The second-order valence-electron chi connectivity index (χ2n) is 6.48. The van der Waals surface area contributed by atoms with E-state index in [0.29, 0.717) is 11.9 Å². The molecule has 0 unspecified atom stereocenters. The third kappa shape index (κ3) is 4.17. The molecule has 0 bridgehead atoms. The van der Waals surface area contributed by atoms with Crippen molar-refractivity contribution in [3.05, 3.63) is 52.7 Å². The topological polar surface area (TPSA) is 56.6 Å². The molecule has 3 aromatic rings. The number of nitrogens with zero attached hydrogens (tertiary/aromatic N) is 3. The summed E-state index contributed by atoms with van der Waals surface area (Å²) in [6.07, 6.45) is 5.14. The Balaban J connectivity index is 0.00000136. The van der Waals surface area contributed by atoms with E-state index in [2.05, 4.69) is 9.88 Å². The minimum atomic E-state index is -0.0694. The maximum atomic E-state index is 12.4. The molecule has 2 heterocycles. The molecule has 0 aliphatic heterocycles. The first-order chi connectivity index (χ1) is 13.5. The van der Waals surface area contributed by atoms with E-state index < -0.39 is 0 Å². The molecule has 0 aliphatic carbocycles. The van der Waals surface area contributed by atoms with Gasteiger partial charge in [0, 0.05) is 37.7 Å². The number of aryl methyl sites for hydroxylation is 1. The highest BCUT2D eigenvalue weighted by Gasteiger charge is 2.16. The molecule has 0 aliphatic rings. The van der Waals surface area contributed by atoms with Gasteiger partial charge in [0.1, 0.15) is 11.5 Å². The van der Waals surface area contributed by atoms with Gasteiger partial charge in [0.25, 0.3) is 5.56 Å². The van der Waals surface area contributed by atoms with Crippen molar-refractivity contribution in [2.45, 2.75) is 20.4 Å². The third-order valence-corrected chi connectivity index (χ3v) is 4.38. The van der Waals surface area contributed by atoms with Crippen LogP contribution in [0.15, 0.2) is 41.6 Å². The average molecular weight is 383 g/mol. The van der Waals surface area contributed by atoms with Crippen LogP contribution in [0.1, 0.15) is 19.4 Å². The van der Waals surface area contributed by atoms with E-state index >= 15 is 0 Å².